The maximum Gasteiger partial charge on any atom is 0.0257 e. The molecular formula is C8H9ClS. The van der Waals surface area contributed by atoms with Crippen LogP contribution in [0.2, 0.25) is 0 Å². The van der Waals surface area contributed by atoms with Gasteiger partial charge in [0.2, 0.25) is 0 Å². The molecule has 1 aliphatic carbocycles. The molecule has 2 atom stereocenters. The highest BCUT2D eigenvalue weighted by Crippen LogP contribution is 2.48. The zero-order chi connectivity index (χ0) is 6.97. The molecule has 1 fully saturated rings. The predicted molar refractivity (Wildman–Crippen MR) is 45.9 cm³/mol. The fourth-order valence-corrected chi connectivity index (χ4v) is 2.38. The van der Waals surface area contributed by atoms with Crippen molar-refractivity contribution in [3.63, 3.8) is 0 Å². The second-order valence-electron chi connectivity index (χ2n) is 2.81. The molecule has 0 spiro atoms. The smallest absolute Gasteiger partial charge is 0.0257 e. The molecule has 2 rings (SSSR count). The summed E-state index contributed by atoms with van der Waals surface area (Å²) in [4.78, 5) is 0. The minimum Gasteiger partial charge on any atom is -0.152 e. The van der Waals surface area contributed by atoms with Gasteiger partial charge in [0.05, 0.1) is 0 Å². The Labute approximate surface area is 69.8 Å². The van der Waals surface area contributed by atoms with Crippen molar-refractivity contribution in [1.82, 2.24) is 0 Å². The van der Waals surface area contributed by atoms with Crippen molar-refractivity contribution in [1.29, 1.82) is 0 Å². The molecule has 0 aromatic carbocycles. The lowest BCUT2D eigenvalue weighted by Gasteiger charge is -1.89. The lowest BCUT2D eigenvalue weighted by Crippen LogP contribution is -1.79. The third-order valence-corrected chi connectivity index (χ3v) is 3.19. The first-order chi connectivity index (χ1) is 4.92. The lowest BCUT2D eigenvalue weighted by atomic mass is 10.2. The van der Waals surface area contributed by atoms with Gasteiger partial charge in [0, 0.05) is 5.88 Å². The van der Waals surface area contributed by atoms with Crippen LogP contribution in [-0.4, -0.2) is 5.88 Å². The van der Waals surface area contributed by atoms with Crippen molar-refractivity contribution in [2.45, 2.75) is 12.3 Å². The molecular weight excluding hydrogens is 164 g/mol. The SMILES string of the molecule is ClC[C@@H]1C[C@H]1c1ccsc1. The van der Waals surface area contributed by atoms with Gasteiger partial charge in [-0.3, -0.25) is 0 Å². The van der Waals surface area contributed by atoms with Crippen LogP contribution in [0, 0.1) is 5.92 Å². The molecule has 1 aliphatic rings. The number of alkyl halides is 1. The molecule has 1 aromatic rings. The number of hydrogen-bond acceptors (Lipinski definition) is 1. The van der Waals surface area contributed by atoms with Crippen LogP contribution >= 0.6 is 22.9 Å². The molecule has 0 radical (unpaired) electrons. The Morgan fingerprint density at radius 1 is 1.70 bits per heavy atom. The zero-order valence-electron chi connectivity index (χ0n) is 5.59. The molecule has 0 saturated heterocycles. The zero-order valence-corrected chi connectivity index (χ0v) is 7.16. The minimum absolute atomic E-state index is 0.774. The normalized spacial score (nSPS) is 30.5. The summed E-state index contributed by atoms with van der Waals surface area (Å²) in [7, 11) is 0. The van der Waals surface area contributed by atoms with Crippen LogP contribution in [0.15, 0.2) is 16.8 Å². The standard InChI is InChI=1S/C8H9ClS/c9-4-7-3-8(7)6-1-2-10-5-6/h1-2,5,7-8H,3-4H2/t7-,8-/m0/s1. The van der Waals surface area contributed by atoms with Crippen molar-refractivity contribution in [3.05, 3.63) is 22.4 Å². The van der Waals surface area contributed by atoms with E-state index < -0.39 is 0 Å². The Hall–Kier alpha value is -0.0100. The van der Waals surface area contributed by atoms with E-state index in [9.17, 15) is 0 Å². The fourth-order valence-electron chi connectivity index (χ4n) is 1.31. The van der Waals surface area contributed by atoms with Gasteiger partial charge in [0.15, 0.2) is 0 Å². The fraction of sp³-hybridized carbons (Fsp3) is 0.500. The summed E-state index contributed by atoms with van der Waals surface area (Å²) in [6, 6.07) is 2.21. The molecule has 2 heteroatoms. The first kappa shape index (κ1) is 6.68. The number of thiophene rings is 1. The molecule has 0 unspecified atom stereocenters. The van der Waals surface area contributed by atoms with Crippen molar-refractivity contribution in [3.8, 4) is 0 Å². The van der Waals surface area contributed by atoms with Gasteiger partial charge in [-0.05, 0) is 40.6 Å². The van der Waals surface area contributed by atoms with Crippen molar-refractivity contribution in [2.24, 2.45) is 5.92 Å². The third kappa shape index (κ3) is 1.08. The van der Waals surface area contributed by atoms with Gasteiger partial charge in [0.25, 0.3) is 0 Å². The maximum absolute atomic E-state index is 5.71. The van der Waals surface area contributed by atoms with Gasteiger partial charge in [-0.15, -0.1) is 11.6 Å². The van der Waals surface area contributed by atoms with E-state index in [-0.39, 0.29) is 0 Å². The average molecular weight is 173 g/mol. The molecule has 1 saturated carbocycles. The molecule has 0 N–H and O–H groups in total. The minimum atomic E-state index is 0.774. The summed E-state index contributed by atoms with van der Waals surface area (Å²) in [6.45, 7) is 0. The van der Waals surface area contributed by atoms with Gasteiger partial charge in [-0.25, -0.2) is 0 Å². The Balaban J connectivity index is 2.05. The quantitative estimate of drug-likeness (QED) is 0.602. The van der Waals surface area contributed by atoms with Gasteiger partial charge >= 0.3 is 0 Å². The van der Waals surface area contributed by atoms with Crippen LogP contribution in [0.25, 0.3) is 0 Å². The predicted octanol–water partition coefficient (Wildman–Crippen LogP) is 3.09. The Morgan fingerprint density at radius 2 is 2.60 bits per heavy atom. The van der Waals surface area contributed by atoms with E-state index in [2.05, 4.69) is 16.8 Å². The first-order valence-electron chi connectivity index (χ1n) is 3.50. The molecule has 0 aliphatic heterocycles. The highest BCUT2D eigenvalue weighted by Gasteiger charge is 2.37. The van der Waals surface area contributed by atoms with Crippen LogP contribution < -0.4 is 0 Å². The van der Waals surface area contributed by atoms with Gasteiger partial charge in [-0.2, -0.15) is 11.3 Å². The summed E-state index contributed by atoms with van der Waals surface area (Å²) < 4.78 is 0. The Bertz CT molecular complexity index is 205. The van der Waals surface area contributed by atoms with E-state index in [4.69, 9.17) is 11.6 Å². The summed E-state index contributed by atoms with van der Waals surface area (Å²) >= 11 is 7.49. The van der Waals surface area contributed by atoms with Crippen molar-refractivity contribution >= 4 is 22.9 Å². The number of rotatable bonds is 2. The van der Waals surface area contributed by atoms with E-state index in [1.54, 1.807) is 11.3 Å². The Kier molecular flexibility index (Phi) is 1.71. The molecule has 0 amide bonds. The van der Waals surface area contributed by atoms with E-state index in [0.717, 1.165) is 17.7 Å². The molecule has 54 valence electrons. The van der Waals surface area contributed by atoms with Crippen molar-refractivity contribution in [2.75, 3.05) is 5.88 Å². The first-order valence-corrected chi connectivity index (χ1v) is 4.97. The number of halogens is 1. The molecule has 0 bridgehead atoms. The van der Waals surface area contributed by atoms with Gasteiger partial charge in [-0.1, -0.05) is 0 Å². The van der Waals surface area contributed by atoms with Crippen LogP contribution in [0.1, 0.15) is 17.9 Å². The van der Waals surface area contributed by atoms with Crippen LogP contribution in [-0.2, 0) is 0 Å². The van der Waals surface area contributed by atoms with Gasteiger partial charge in [0.1, 0.15) is 0 Å². The molecule has 1 aromatic heterocycles. The average Bonchev–Trinajstić information content (AvgIpc) is 2.56. The summed E-state index contributed by atoms with van der Waals surface area (Å²) in [6.07, 6.45) is 1.31. The van der Waals surface area contributed by atoms with E-state index >= 15 is 0 Å². The topological polar surface area (TPSA) is 0 Å². The van der Waals surface area contributed by atoms with E-state index in [1.807, 2.05) is 0 Å². The highest BCUT2D eigenvalue weighted by atomic mass is 35.5. The maximum atomic E-state index is 5.71. The molecule has 0 nitrogen and oxygen atoms in total. The van der Waals surface area contributed by atoms with Crippen LogP contribution in [0.5, 0.6) is 0 Å². The second-order valence-corrected chi connectivity index (χ2v) is 3.90. The second kappa shape index (κ2) is 2.55. The van der Waals surface area contributed by atoms with E-state index in [0.29, 0.717) is 0 Å². The number of hydrogen-bond donors (Lipinski definition) is 0. The molecule has 10 heavy (non-hydrogen) atoms. The lowest BCUT2D eigenvalue weighted by molar-refractivity contribution is 0.927. The Morgan fingerprint density at radius 3 is 3.10 bits per heavy atom. The van der Waals surface area contributed by atoms with E-state index in [1.165, 1.54) is 12.0 Å². The summed E-state index contributed by atoms with van der Waals surface area (Å²) in [5.41, 5.74) is 1.50. The highest BCUT2D eigenvalue weighted by molar-refractivity contribution is 7.08. The molecule has 1 heterocycles. The van der Waals surface area contributed by atoms with Crippen LogP contribution in [0.3, 0.4) is 0 Å². The van der Waals surface area contributed by atoms with Crippen molar-refractivity contribution < 1.29 is 0 Å². The summed E-state index contributed by atoms with van der Waals surface area (Å²) in [5.74, 6) is 2.40. The van der Waals surface area contributed by atoms with Gasteiger partial charge < -0.3 is 0 Å². The third-order valence-electron chi connectivity index (χ3n) is 2.09. The largest absolute Gasteiger partial charge is 0.152 e. The monoisotopic (exact) mass is 172 g/mol. The summed E-state index contributed by atoms with van der Waals surface area (Å²) in [5, 5.41) is 4.37. The van der Waals surface area contributed by atoms with Crippen LogP contribution in [0.4, 0.5) is 0 Å².